The van der Waals surface area contributed by atoms with E-state index in [0.29, 0.717) is 39.5 Å². The van der Waals surface area contributed by atoms with Gasteiger partial charge in [-0.3, -0.25) is 9.59 Å². The molecule has 0 radical (unpaired) electrons. The molecule has 0 saturated carbocycles. The van der Waals surface area contributed by atoms with Gasteiger partial charge in [0.2, 0.25) is 5.91 Å². The van der Waals surface area contributed by atoms with E-state index in [2.05, 4.69) is 5.32 Å². The number of amides is 2. The zero-order valence-electron chi connectivity index (χ0n) is 17.4. The number of nitriles is 1. The van der Waals surface area contributed by atoms with Gasteiger partial charge in [0.15, 0.2) is 0 Å². The molecule has 2 aliphatic rings. The fourth-order valence-electron chi connectivity index (χ4n) is 3.99. The van der Waals surface area contributed by atoms with Crippen LogP contribution in [0.2, 0.25) is 0 Å². The number of rotatable bonds is 6. The largest absolute Gasteiger partial charge is 0.378 e. The highest BCUT2D eigenvalue weighted by molar-refractivity contribution is 6.04. The number of fused-ring (bicyclic) bond motifs is 1. The molecule has 0 spiro atoms. The van der Waals surface area contributed by atoms with Gasteiger partial charge in [-0.15, -0.1) is 0 Å². The zero-order valence-corrected chi connectivity index (χ0v) is 17.4. The summed E-state index contributed by atoms with van der Waals surface area (Å²) in [7, 11) is 0. The Kier molecular flexibility index (Phi) is 6.65. The smallest absolute Gasteiger partial charge is 0.262 e. The number of para-hydroxylation sites is 1. The first kappa shape index (κ1) is 21.1. The topological polar surface area (TPSA) is 96.6 Å². The molecule has 8 heteroatoms. The highest BCUT2D eigenvalue weighted by Gasteiger charge is 2.20. The second-order valence-corrected chi connectivity index (χ2v) is 7.74. The summed E-state index contributed by atoms with van der Waals surface area (Å²) >= 11 is 0. The summed E-state index contributed by atoms with van der Waals surface area (Å²) in [6.45, 7) is 3.60. The van der Waals surface area contributed by atoms with Crippen molar-refractivity contribution in [2.45, 2.75) is 25.5 Å². The molecule has 1 aromatic heterocycles. The van der Waals surface area contributed by atoms with Crippen LogP contribution in [0.4, 0.5) is 0 Å². The van der Waals surface area contributed by atoms with Crippen LogP contribution in [0.25, 0.3) is 17.0 Å². The number of aromatic nitrogens is 1. The maximum Gasteiger partial charge on any atom is 0.262 e. The van der Waals surface area contributed by atoms with E-state index in [1.54, 1.807) is 11.0 Å². The fraction of sp³-hybridized carbons (Fsp3) is 0.435. The van der Waals surface area contributed by atoms with Gasteiger partial charge in [0.05, 0.1) is 19.3 Å². The monoisotopic (exact) mass is 422 g/mol. The van der Waals surface area contributed by atoms with Gasteiger partial charge in [0.25, 0.3) is 5.91 Å². The van der Waals surface area contributed by atoms with Crippen molar-refractivity contribution in [3.63, 3.8) is 0 Å². The molecule has 1 atom stereocenters. The van der Waals surface area contributed by atoms with Crippen molar-refractivity contribution in [1.29, 1.82) is 5.26 Å². The van der Waals surface area contributed by atoms with Crippen molar-refractivity contribution < 1.29 is 19.1 Å². The normalized spacial score (nSPS) is 19.4. The average molecular weight is 422 g/mol. The molecule has 1 N–H and O–H groups in total. The van der Waals surface area contributed by atoms with Gasteiger partial charge >= 0.3 is 0 Å². The standard InChI is InChI=1S/C23H26N4O4/c24-13-17(23(29)25-14-19-4-3-9-31-19)12-18-15-27(21-6-2-1-5-20(18)21)16-22(28)26-7-10-30-11-8-26/h1-2,5-6,12,15,19H,3-4,7-11,14,16H2,(H,25,29)/b17-12+/t19-/m0/s1. The quantitative estimate of drug-likeness (QED) is 0.565. The molecule has 0 unspecified atom stereocenters. The van der Waals surface area contributed by atoms with E-state index in [1.165, 1.54) is 0 Å². The molecule has 2 amide bonds. The Morgan fingerprint density at radius 1 is 1.23 bits per heavy atom. The van der Waals surface area contributed by atoms with Crippen molar-refractivity contribution in [2.24, 2.45) is 0 Å². The molecule has 2 aliphatic heterocycles. The van der Waals surface area contributed by atoms with Crippen LogP contribution in [0.15, 0.2) is 36.0 Å². The molecule has 2 saturated heterocycles. The number of carbonyl (C=O) groups is 2. The van der Waals surface area contributed by atoms with Crippen LogP contribution in [-0.2, 0) is 25.6 Å². The van der Waals surface area contributed by atoms with Crippen LogP contribution in [-0.4, -0.2) is 66.8 Å². The van der Waals surface area contributed by atoms with Gasteiger partial charge in [-0.1, -0.05) is 18.2 Å². The van der Waals surface area contributed by atoms with Crippen LogP contribution in [0.1, 0.15) is 18.4 Å². The minimum absolute atomic E-state index is 0.0111. The molecule has 162 valence electrons. The summed E-state index contributed by atoms with van der Waals surface area (Å²) in [4.78, 5) is 27.0. The molecule has 0 aliphatic carbocycles. The van der Waals surface area contributed by atoms with Crippen LogP contribution in [0.3, 0.4) is 0 Å². The molecule has 8 nitrogen and oxygen atoms in total. The SMILES string of the molecule is N#C/C(=C\c1cn(CC(=O)N2CCOCC2)c2ccccc12)C(=O)NC[C@@H]1CCCO1. The van der Waals surface area contributed by atoms with E-state index in [9.17, 15) is 14.9 Å². The molecular formula is C23H26N4O4. The number of hydrogen-bond acceptors (Lipinski definition) is 5. The first-order valence-corrected chi connectivity index (χ1v) is 10.6. The van der Waals surface area contributed by atoms with Gasteiger partial charge in [0, 0.05) is 48.9 Å². The summed E-state index contributed by atoms with van der Waals surface area (Å²) in [5.41, 5.74) is 1.64. The Labute approximate surface area is 181 Å². The number of morpholine rings is 1. The van der Waals surface area contributed by atoms with E-state index in [-0.39, 0.29) is 24.1 Å². The molecule has 31 heavy (non-hydrogen) atoms. The Morgan fingerprint density at radius 3 is 2.77 bits per heavy atom. The number of hydrogen-bond donors (Lipinski definition) is 1. The molecule has 0 bridgehead atoms. The summed E-state index contributed by atoms with van der Waals surface area (Å²) in [6.07, 6.45) is 5.33. The second-order valence-electron chi connectivity index (χ2n) is 7.74. The van der Waals surface area contributed by atoms with Crippen molar-refractivity contribution >= 4 is 28.8 Å². The highest BCUT2D eigenvalue weighted by Crippen LogP contribution is 2.24. The second kappa shape index (κ2) is 9.77. The van der Waals surface area contributed by atoms with E-state index in [4.69, 9.17) is 9.47 Å². The van der Waals surface area contributed by atoms with E-state index in [1.807, 2.05) is 41.1 Å². The Balaban J connectivity index is 1.54. The van der Waals surface area contributed by atoms with E-state index in [0.717, 1.165) is 29.3 Å². The van der Waals surface area contributed by atoms with Crippen LogP contribution >= 0.6 is 0 Å². The van der Waals surface area contributed by atoms with Gasteiger partial charge in [0.1, 0.15) is 18.2 Å². The molecule has 4 rings (SSSR count). The molecule has 2 fully saturated rings. The summed E-state index contributed by atoms with van der Waals surface area (Å²) < 4.78 is 12.7. The molecule has 2 aromatic rings. The van der Waals surface area contributed by atoms with Gasteiger partial charge in [-0.25, -0.2) is 0 Å². The minimum Gasteiger partial charge on any atom is -0.378 e. The van der Waals surface area contributed by atoms with Gasteiger partial charge < -0.3 is 24.3 Å². The third-order valence-electron chi connectivity index (χ3n) is 5.67. The predicted molar refractivity (Wildman–Crippen MR) is 115 cm³/mol. The first-order valence-electron chi connectivity index (χ1n) is 10.6. The fourth-order valence-corrected chi connectivity index (χ4v) is 3.99. The Hall–Kier alpha value is -3.15. The Bertz CT molecular complexity index is 1020. The lowest BCUT2D eigenvalue weighted by molar-refractivity contribution is -0.135. The third-order valence-corrected chi connectivity index (χ3v) is 5.67. The number of benzene rings is 1. The third kappa shape index (κ3) is 4.95. The van der Waals surface area contributed by atoms with E-state index < -0.39 is 5.91 Å². The van der Waals surface area contributed by atoms with Crippen molar-refractivity contribution in [2.75, 3.05) is 39.5 Å². The van der Waals surface area contributed by atoms with Crippen molar-refractivity contribution in [1.82, 2.24) is 14.8 Å². The molecule has 1 aromatic carbocycles. The van der Waals surface area contributed by atoms with Gasteiger partial charge in [-0.05, 0) is 25.0 Å². The van der Waals surface area contributed by atoms with Crippen molar-refractivity contribution in [3.05, 3.63) is 41.6 Å². The Morgan fingerprint density at radius 2 is 2.03 bits per heavy atom. The molecule has 3 heterocycles. The van der Waals surface area contributed by atoms with Crippen LogP contribution in [0, 0.1) is 11.3 Å². The summed E-state index contributed by atoms with van der Waals surface area (Å²) in [5.74, 6) is -0.395. The van der Waals surface area contributed by atoms with Crippen LogP contribution < -0.4 is 5.32 Å². The number of nitrogens with zero attached hydrogens (tertiary/aromatic N) is 3. The first-order chi connectivity index (χ1) is 15.2. The lowest BCUT2D eigenvalue weighted by Crippen LogP contribution is -2.42. The maximum atomic E-state index is 12.7. The highest BCUT2D eigenvalue weighted by atomic mass is 16.5. The van der Waals surface area contributed by atoms with Crippen molar-refractivity contribution in [3.8, 4) is 6.07 Å². The van der Waals surface area contributed by atoms with E-state index >= 15 is 0 Å². The lowest BCUT2D eigenvalue weighted by atomic mass is 10.1. The van der Waals surface area contributed by atoms with Crippen LogP contribution in [0.5, 0.6) is 0 Å². The molecular weight excluding hydrogens is 396 g/mol. The number of carbonyl (C=O) groups excluding carboxylic acids is 2. The lowest BCUT2D eigenvalue weighted by Gasteiger charge is -2.27. The predicted octanol–water partition coefficient (Wildman–Crippen LogP) is 1.70. The number of ether oxygens (including phenoxy) is 2. The minimum atomic E-state index is -0.417. The van der Waals surface area contributed by atoms with Gasteiger partial charge in [-0.2, -0.15) is 5.26 Å². The number of nitrogens with one attached hydrogen (secondary N) is 1. The summed E-state index contributed by atoms with van der Waals surface area (Å²) in [6, 6.07) is 9.67. The zero-order chi connectivity index (χ0) is 21.6. The average Bonchev–Trinajstić information content (AvgIpc) is 3.45. The summed E-state index contributed by atoms with van der Waals surface area (Å²) in [5, 5.41) is 13.2. The maximum absolute atomic E-state index is 12.7.